The van der Waals surface area contributed by atoms with Crippen LogP contribution in [0.4, 0.5) is 0 Å². The van der Waals surface area contributed by atoms with Gasteiger partial charge in [-0.05, 0) is 49.4 Å². The fraction of sp³-hybridized carbons (Fsp3) is 0.667. The summed E-state index contributed by atoms with van der Waals surface area (Å²) >= 11 is 0. The SMILES string of the molecule is CCc1ccc(C(CN2CCC(C(C)C)C2)NC)cc1. The summed E-state index contributed by atoms with van der Waals surface area (Å²) in [5.74, 6) is 1.70. The van der Waals surface area contributed by atoms with E-state index < -0.39 is 0 Å². The van der Waals surface area contributed by atoms with Gasteiger partial charge in [-0.1, -0.05) is 45.0 Å². The predicted molar refractivity (Wildman–Crippen MR) is 87.0 cm³/mol. The summed E-state index contributed by atoms with van der Waals surface area (Å²) in [6.07, 6.45) is 2.48. The number of aryl methyl sites for hydroxylation is 1. The van der Waals surface area contributed by atoms with E-state index in [0.717, 1.165) is 24.8 Å². The molecule has 2 atom stereocenters. The van der Waals surface area contributed by atoms with Crippen LogP contribution in [0.5, 0.6) is 0 Å². The molecular formula is C18H30N2. The molecule has 0 saturated carbocycles. The highest BCUT2D eigenvalue weighted by atomic mass is 15.2. The molecule has 20 heavy (non-hydrogen) atoms. The molecule has 1 saturated heterocycles. The Morgan fingerprint density at radius 1 is 1.25 bits per heavy atom. The van der Waals surface area contributed by atoms with Crippen LogP contribution >= 0.6 is 0 Å². The molecule has 1 aromatic rings. The maximum atomic E-state index is 3.49. The Morgan fingerprint density at radius 2 is 1.95 bits per heavy atom. The second kappa shape index (κ2) is 7.24. The lowest BCUT2D eigenvalue weighted by molar-refractivity contribution is 0.275. The van der Waals surface area contributed by atoms with Crippen molar-refractivity contribution in [1.82, 2.24) is 10.2 Å². The van der Waals surface area contributed by atoms with Crippen LogP contribution in [0.3, 0.4) is 0 Å². The first-order chi connectivity index (χ1) is 9.63. The van der Waals surface area contributed by atoms with Crippen molar-refractivity contribution in [2.75, 3.05) is 26.7 Å². The van der Waals surface area contributed by atoms with Crippen molar-refractivity contribution in [2.24, 2.45) is 11.8 Å². The molecule has 112 valence electrons. The van der Waals surface area contributed by atoms with Crippen LogP contribution in [0.1, 0.15) is 44.4 Å². The largest absolute Gasteiger partial charge is 0.312 e. The molecule has 1 aliphatic rings. The van der Waals surface area contributed by atoms with Crippen LogP contribution in [0, 0.1) is 11.8 Å². The standard InChI is InChI=1S/C18H30N2/c1-5-15-6-8-16(9-7-15)18(19-4)13-20-11-10-17(12-20)14(2)3/h6-9,14,17-19H,5,10-13H2,1-4H3. The van der Waals surface area contributed by atoms with Crippen LogP contribution < -0.4 is 5.32 Å². The Morgan fingerprint density at radius 3 is 2.45 bits per heavy atom. The van der Waals surface area contributed by atoms with Gasteiger partial charge in [-0.15, -0.1) is 0 Å². The maximum Gasteiger partial charge on any atom is 0.0446 e. The first-order valence-electron chi connectivity index (χ1n) is 8.12. The molecule has 2 rings (SSSR count). The normalized spacial score (nSPS) is 21.6. The molecule has 1 fully saturated rings. The van der Waals surface area contributed by atoms with Gasteiger partial charge < -0.3 is 10.2 Å². The molecule has 2 heteroatoms. The number of nitrogens with zero attached hydrogens (tertiary/aromatic N) is 1. The van der Waals surface area contributed by atoms with E-state index in [-0.39, 0.29) is 0 Å². The van der Waals surface area contributed by atoms with E-state index in [1.807, 2.05) is 0 Å². The van der Waals surface area contributed by atoms with E-state index in [1.165, 1.54) is 30.6 Å². The second-order valence-electron chi connectivity index (χ2n) is 6.49. The molecule has 1 aliphatic heterocycles. The van der Waals surface area contributed by atoms with Gasteiger partial charge in [0.15, 0.2) is 0 Å². The summed E-state index contributed by atoms with van der Waals surface area (Å²) in [4.78, 5) is 2.62. The Kier molecular flexibility index (Phi) is 5.62. The van der Waals surface area contributed by atoms with Gasteiger partial charge in [0.05, 0.1) is 0 Å². The van der Waals surface area contributed by atoms with Gasteiger partial charge in [0.2, 0.25) is 0 Å². The van der Waals surface area contributed by atoms with Crippen molar-refractivity contribution >= 4 is 0 Å². The monoisotopic (exact) mass is 274 g/mol. The minimum Gasteiger partial charge on any atom is -0.312 e. The molecule has 0 amide bonds. The summed E-state index contributed by atoms with van der Waals surface area (Å²) in [7, 11) is 2.08. The Labute approximate surface area is 124 Å². The van der Waals surface area contributed by atoms with Crippen LogP contribution in [0.2, 0.25) is 0 Å². The lowest BCUT2D eigenvalue weighted by atomic mass is 9.95. The van der Waals surface area contributed by atoms with Gasteiger partial charge in [0.1, 0.15) is 0 Å². The number of benzene rings is 1. The van der Waals surface area contributed by atoms with Crippen molar-refractivity contribution in [1.29, 1.82) is 0 Å². The topological polar surface area (TPSA) is 15.3 Å². The zero-order valence-electron chi connectivity index (χ0n) is 13.5. The van der Waals surface area contributed by atoms with Gasteiger partial charge in [0, 0.05) is 19.1 Å². The molecular weight excluding hydrogens is 244 g/mol. The molecule has 1 aromatic carbocycles. The van der Waals surface area contributed by atoms with Crippen molar-refractivity contribution in [3.05, 3.63) is 35.4 Å². The van der Waals surface area contributed by atoms with Gasteiger partial charge in [0.25, 0.3) is 0 Å². The zero-order chi connectivity index (χ0) is 14.5. The number of likely N-dealkylation sites (tertiary alicyclic amines) is 1. The fourth-order valence-electron chi connectivity index (χ4n) is 3.18. The lowest BCUT2D eigenvalue weighted by Gasteiger charge is -2.24. The summed E-state index contributed by atoms with van der Waals surface area (Å²) in [6.45, 7) is 10.6. The van der Waals surface area contributed by atoms with Gasteiger partial charge in [-0.25, -0.2) is 0 Å². The van der Waals surface area contributed by atoms with Crippen LogP contribution in [-0.4, -0.2) is 31.6 Å². The molecule has 0 bridgehead atoms. The van der Waals surface area contributed by atoms with Crippen molar-refractivity contribution in [3.8, 4) is 0 Å². The number of hydrogen-bond acceptors (Lipinski definition) is 2. The third kappa shape index (κ3) is 3.83. The minimum absolute atomic E-state index is 0.451. The maximum absolute atomic E-state index is 3.49. The molecule has 2 unspecified atom stereocenters. The number of likely N-dealkylation sites (N-methyl/N-ethyl adjacent to an activating group) is 1. The number of hydrogen-bond donors (Lipinski definition) is 1. The van der Waals surface area contributed by atoms with E-state index in [9.17, 15) is 0 Å². The molecule has 0 aromatic heterocycles. The third-order valence-electron chi connectivity index (χ3n) is 4.83. The Bertz CT molecular complexity index is 396. The Balaban J connectivity index is 1.95. The predicted octanol–water partition coefficient (Wildman–Crippen LogP) is 3.49. The minimum atomic E-state index is 0.451. The van der Waals surface area contributed by atoms with Crippen molar-refractivity contribution in [2.45, 2.75) is 39.7 Å². The highest BCUT2D eigenvalue weighted by molar-refractivity contribution is 5.25. The number of rotatable bonds is 6. The first kappa shape index (κ1) is 15.5. The zero-order valence-corrected chi connectivity index (χ0v) is 13.5. The quantitative estimate of drug-likeness (QED) is 0.854. The lowest BCUT2D eigenvalue weighted by Crippen LogP contribution is -2.32. The van der Waals surface area contributed by atoms with Crippen molar-refractivity contribution < 1.29 is 0 Å². The van der Waals surface area contributed by atoms with E-state index in [4.69, 9.17) is 0 Å². The summed E-state index contributed by atoms with van der Waals surface area (Å²) in [6, 6.07) is 9.56. The van der Waals surface area contributed by atoms with Gasteiger partial charge in [-0.2, -0.15) is 0 Å². The summed E-state index contributed by atoms with van der Waals surface area (Å²) in [5.41, 5.74) is 2.84. The second-order valence-corrected chi connectivity index (χ2v) is 6.49. The molecule has 2 nitrogen and oxygen atoms in total. The fourth-order valence-corrected chi connectivity index (χ4v) is 3.18. The summed E-state index contributed by atoms with van der Waals surface area (Å²) < 4.78 is 0. The van der Waals surface area contributed by atoms with Crippen LogP contribution in [0.25, 0.3) is 0 Å². The van der Waals surface area contributed by atoms with Gasteiger partial charge in [-0.3, -0.25) is 0 Å². The molecule has 0 spiro atoms. The van der Waals surface area contributed by atoms with Crippen LogP contribution in [-0.2, 0) is 6.42 Å². The first-order valence-corrected chi connectivity index (χ1v) is 8.12. The van der Waals surface area contributed by atoms with E-state index >= 15 is 0 Å². The van der Waals surface area contributed by atoms with E-state index in [1.54, 1.807) is 0 Å². The molecule has 1 N–H and O–H groups in total. The van der Waals surface area contributed by atoms with Gasteiger partial charge >= 0.3 is 0 Å². The Hall–Kier alpha value is -0.860. The highest BCUT2D eigenvalue weighted by Crippen LogP contribution is 2.25. The van der Waals surface area contributed by atoms with Crippen molar-refractivity contribution in [3.63, 3.8) is 0 Å². The number of nitrogens with one attached hydrogen (secondary N) is 1. The average molecular weight is 274 g/mol. The van der Waals surface area contributed by atoms with E-state index in [2.05, 4.69) is 62.3 Å². The molecule has 0 radical (unpaired) electrons. The summed E-state index contributed by atoms with van der Waals surface area (Å²) in [5, 5.41) is 3.49. The third-order valence-corrected chi connectivity index (χ3v) is 4.83. The average Bonchev–Trinajstić information content (AvgIpc) is 2.94. The highest BCUT2D eigenvalue weighted by Gasteiger charge is 2.26. The smallest absolute Gasteiger partial charge is 0.0446 e. The van der Waals surface area contributed by atoms with E-state index in [0.29, 0.717) is 6.04 Å². The molecule has 0 aliphatic carbocycles. The van der Waals surface area contributed by atoms with Crippen LogP contribution in [0.15, 0.2) is 24.3 Å². The molecule has 1 heterocycles.